The van der Waals surface area contributed by atoms with Crippen molar-refractivity contribution in [2.45, 2.75) is 12.7 Å². The van der Waals surface area contributed by atoms with Gasteiger partial charge in [-0.15, -0.1) is 0 Å². The summed E-state index contributed by atoms with van der Waals surface area (Å²) in [4.78, 5) is 4.89. The second kappa shape index (κ2) is 6.08. The van der Waals surface area contributed by atoms with E-state index in [1.807, 2.05) is 17.1 Å². The van der Waals surface area contributed by atoms with Gasteiger partial charge in [0, 0.05) is 31.9 Å². The molecule has 0 N–H and O–H groups in total. The van der Waals surface area contributed by atoms with E-state index < -0.39 is 0 Å². The maximum Gasteiger partial charge on any atom is 0.0935 e. The number of halogens is 1. The zero-order valence-electron chi connectivity index (χ0n) is 11.6. The summed E-state index contributed by atoms with van der Waals surface area (Å²) in [7, 11) is 2.19. The van der Waals surface area contributed by atoms with Crippen molar-refractivity contribution in [3.05, 3.63) is 52.8 Å². The van der Waals surface area contributed by atoms with Crippen molar-refractivity contribution in [2.75, 3.05) is 26.7 Å². The number of benzene rings is 1. The Morgan fingerprint density at radius 3 is 2.75 bits per heavy atom. The van der Waals surface area contributed by atoms with Crippen molar-refractivity contribution >= 4 is 15.9 Å². The lowest BCUT2D eigenvalue weighted by molar-refractivity contribution is 0.0589. The van der Waals surface area contributed by atoms with Crippen LogP contribution in [0.25, 0.3) is 0 Å². The summed E-state index contributed by atoms with van der Waals surface area (Å²) in [5.74, 6) is 0. The van der Waals surface area contributed by atoms with Gasteiger partial charge in [0.2, 0.25) is 0 Å². The lowest BCUT2D eigenvalue weighted by atomic mass is 10.0. The third-order valence-corrected chi connectivity index (χ3v) is 4.22. The Hall–Kier alpha value is -1.17. The van der Waals surface area contributed by atoms with Crippen LogP contribution in [0.3, 0.4) is 0 Å². The lowest BCUT2D eigenvalue weighted by Gasteiger charge is -2.40. The van der Waals surface area contributed by atoms with E-state index in [9.17, 15) is 0 Å². The van der Waals surface area contributed by atoms with Crippen LogP contribution in [0.15, 0.2) is 47.2 Å². The third-order valence-electron chi connectivity index (χ3n) is 3.81. The van der Waals surface area contributed by atoms with Gasteiger partial charge in [0.1, 0.15) is 0 Å². The summed E-state index contributed by atoms with van der Waals surface area (Å²) >= 11 is 3.46. The van der Waals surface area contributed by atoms with Gasteiger partial charge in [0.25, 0.3) is 0 Å². The quantitative estimate of drug-likeness (QED) is 0.862. The first-order chi connectivity index (χ1) is 9.72. The Kier molecular flexibility index (Phi) is 4.19. The largest absolute Gasteiger partial charge is 0.303 e. The standard InChI is InChI=1S/C15H19BrN4/c1-18-7-8-19(12-20-10-14(16)9-17-20)15(11-18)13-5-3-2-4-6-13/h2-6,9-10,15H,7-8,11-12H2,1H3. The second-order valence-electron chi connectivity index (χ2n) is 5.34. The zero-order chi connectivity index (χ0) is 13.9. The minimum atomic E-state index is 0.429. The molecule has 1 aliphatic rings. The van der Waals surface area contributed by atoms with E-state index in [-0.39, 0.29) is 0 Å². The molecule has 1 aromatic heterocycles. The van der Waals surface area contributed by atoms with Crippen LogP contribution in [0, 0.1) is 0 Å². The molecule has 0 aliphatic carbocycles. The van der Waals surface area contributed by atoms with Crippen molar-refractivity contribution < 1.29 is 0 Å². The highest BCUT2D eigenvalue weighted by atomic mass is 79.9. The fourth-order valence-corrected chi connectivity index (χ4v) is 3.05. The molecule has 20 heavy (non-hydrogen) atoms. The molecule has 2 aromatic rings. The van der Waals surface area contributed by atoms with E-state index in [2.05, 4.69) is 68.2 Å². The maximum atomic E-state index is 4.37. The van der Waals surface area contributed by atoms with Crippen LogP contribution in [0.5, 0.6) is 0 Å². The van der Waals surface area contributed by atoms with E-state index >= 15 is 0 Å². The predicted molar refractivity (Wildman–Crippen MR) is 83.3 cm³/mol. The summed E-state index contributed by atoms with van der Waals surface area (Å²) < 4.78 is 3.02. The molecule has 5 heteroatoms. The summed E-state index contributed by atoms with van der Waals surface area (Å²) in [6.07, 6.45) is 3.87. The first-order valence-corrected chi connectivity index (χ1v) is 7.67. The van der Waals surface area contributed by atoms with Gasteiger partial charge in [0.15, 0.2) is 0 Å². The molecule has 1 aliphatic heterocycles. The average molecular weight is 335 g/mol. The fourth-order valence-electron chi connectivity index (χ4n) is 2.72. The van der Waals surface area contributed by atoms with Crippen LogP contribution >= 0.6 is 15.9 Å². The first-order valence-electron chi connectivity index (χ1n) is 6.88. The Labute approximate surface area is 128 Å². The molecular weight excluding hydrogens is 316 g/mol. The van der Waals surface area contributed by atoms with Crippen molar-refractivity contribution in [2.24, 2.45) is 0 Å². The lowest BCUT2D eigenvalue weighted by Crippen LogP contribution is -2.47. The molecule has 1 fully saturated rings. The molecule has 3 rings (SSSR count). The Balaban J connectivity index is 1.80. The van der Waals surface area contributed by atoms with Crippen LogP contribution < -0.4 is 0 Å². The number of aromatic nitrogens is 2. The summed E-state index contributed by atoms with van der Waals surface area (Å²) in [5.41, 5.74) is 1.38. The number of hydrogen-bond donors (Lipinski definition) is 0. The fraction of sp³-hybridized carbons (Fsp3) is 0.400. The average Bonchev–Trinajstić information content (AvgIpc) is 2.87. The molecule has 4 nitrogen and oxygen atoms in total. The van der Waals surface area contributed by atoms with E-state index in [4.69, 9.17) is 0 Å². The van der Waals surface area contributed by atoms with Gasteiger partial charge in [-0.3, -0.25) is 9.58 Å². The highest BCUT2D eigenvalue weighted by molar-refractivity contribution is 9.10. The third kappa shape index (κ3) is 3.11. The number of nitrogens with zero attached hydrogens (tertiary/aromatic N) is 4. The van der Waals surface area contributed by atoms with E-state index in [0.29, 0.717) is 6.04 Å². The summed E-state index contributed by atoms with van der Waals surface area (Å²) in [6.45, 7) is 4.06. The summed E-state index contributed by atoms with van der Waals surface area (Å²) in [5, 5.41) is 4.37. The number of piperazine rings is 1. The Bertz CT molecular complexity index is 554. The van der Waals surface area contributed by atoms with Gasteiger partial charge >= 0.3 is 0 Å². The van der Waals surface area contributed by atoms with Gasteiger partial charge in [-0.25, -0.2) is 0 Å². The predicted octanol–water partition coefficient (Wildman–Crippen LogP) is 2.59. The van der Waals surface area contributed by atoms with E-state index in [0.717, 1.165) is 30.8 Å². The molecule has 1 unspecified atom stereocenters. The SMILES string of the molecule is CN1CCN(Cn2cc(Br)cn2)C(c2ccccc2)C1. The Morgan fingerprint density at radius 2 is 2.05 bits per heavy atom. The monoisotopic (exact) mass is 334 g/mol. The molecule has 0 bridgehead atoms. The van der Waals surface area contributed by atoms with Crippen molar-refractivity contribution in [3.8, 4) is 0 Å². The molecule has 0 saturated carbocycles. The van der Waals surface area contributed by atoms with Crippen LogP contribution in [-0.2, 0) is 6.67 Å². The molecule has 1 saturated heterocycles. The highest BCUT2D eigenvalue weighted by Crippen LogP contribution is 2.25. The number of likely N-dealkylation sites (N-methyl/N-ethyl adjacent to an activating group) is 1. The van der Waals surface area contributed by atoms with Gasteiger partial charge < -0.3 is 4.90 Å². The molecule has 1 atom stereocenters. The van der Waals surface area contributed by atoms with Crippen molar-refractivity contribution in [1.82, 2.24) is 19.6 Å². The number of hydrogen-bond acceptors (Lipinski definition) is 3. The molecule has 2 heterocycles. The van der Waals surface area contributed by atoms with Crippen molar-refractivity contribution in [3.63, 3.8) is 0 Å². The van der Waals surface area contributed by atoms with E-state index in [1.165, 1.54) is 5.56 Å². The smallest absolute Gasteiger partial charge is 0.0935 e. The zero-order valence-corrected chi connectivity index (χ0v) is 13.2. The van der Waals surface area contributed by atoms with Crippen LogP contribution in [-0.4, -0.2) is 46.3 Å². The van der Waals surface area contributed by atoms with Gasteiger partial charge in [-0.2, -0.15) is 5.10 Å². The summed E-state index contributed by atoms with van der Waals surface area (Å²) in [6, 6.07) is 11.2. The first kappa shape index (κ1) is 13.8. The Morgan fingerprint density at radius 1 is 1.25 bits per heavy atom. The minimum Gasteiger partial charge on any atom is -0.303 e. The molecule has 106 valence electrons. The normalized spacial score (nSPS) is 21.2. The second-order valence-corrected chi connectivity index (χ2v) is 6.26. The van der Waals surface area contributed by atoms with Crippen molar-refractivity contribution in [1.29, 1.82) is 0 Å². The van der Waals surface area contributed by atoms with E-state index in [1.54, 1.807) is 0 Å². The highest BCUT2D eigenvalue weighted by Gasteiger charge is 2.26. The van der Waals surface area contributed by atoms with Gasteiger partial charge in [-0.05, 0) is 28.5 Å². The molecule has 1 aromatic carbocycles. The minimum absolute atomic E-state index is 0.429. The van der Waals surface area contributed by atoms with Gasteiger partial charge in [0.05, 0.1) is 17.3 Å². The molecule has 0 radical (unpaired) electrons. The number of rotatable bonds is 3. The maximum absolute atomic E-state index is 4.37. The molecule has 0 spiro atoms. The van der Waals surface area contributed by atoms with Crippen LogP contribution in [0.2, 0.25) is 0 Å². The molecular formula is C15H19BrN4. The molecule has 0 amide bonds. The van der Waals surface area contributed by atoms with Crippen LogP contribution in [0.4, 0.5) is 0 Å². The van der Waals surface area contributed by atoms with Gasteiger partial charge in [-0.1, -0.05) is 30.3 Å². The topological polar surface area (TPSA) is 24.3 Å². The van der Waals surface area contributed by atoms with Crippen LogP contribution in [0.1, 0.15) is 11.6 Å².